The van der Waals surface area contributed by atoms with Gasteiger partial charge in [0.05, 0.1) is 20.8 Å². The summed E-state index contributed by atoms with van der Waals surface area (Å²) in [7, 11) is -8.74. The van der Waals surface area contributed by atoms with E-state index in [-0.39, 0.29) is 20.8 Å². The van der Waals surface area contributed by atoms with Crippen molar-refractivity contribution in [3.63, 3.8) is 0 Å². The van der Waals surface area contributed by atoms with Gasteiger partial charge >= 0.3 is 0 Å². The predicted octanol–water partition coefficient (Wildman–Crippen LogP) is 4.89. The minimum absolute atomic E-state index is 0.289. The molecule has 0 aliphatic rings. The normalized spacial score (nSPS) is 11.9. The molecule has 2 N–H and O–H groups in total. The second kappa shape index (κ2) is 14.7. The maximum absolute atomic E-state index is 11.2. The molecule has 11 heteroatoms. The molecule has 0 atom stereocenters. The van der Waals surface area contributed by atoms with E-state index < -0.39 is 20.2 Å². The summed E-state index contributed by atoms with van der Waals surface area (Å²) < 4.78 is 63.1. The molecule has 0 radical (unpaired) electrons. The van der Waals surface area contributed by atoms with E-state index in [1.54, 1.807) is 6.92 Å². The molecule has 1 aromatic heterocycles. The van der Waals surface area contributed by atoms with Crippen molar-refractivity contribution >= 4 is 42.0 Å². The Morgan fingerprint density at radius 1 is 0.622 bits per heavy atom. The lowest BCUT2D eigenvalue weighted by atomic mass is 10.0. The van der Waals surface area contributed by atoms with Crippen LogP contribution in [0.2, 0.25) is 0 Å². The van der Waals surface area contributed by atoms with Gasteiger partial charge in [0.15, 0.2) is 0 Å². The Balaban J connectivity index is 0.000000404. The second-order valence-electron chi connectivity index (χ2n) is 8.28. The lowest BCUT2D eigenvalue weighted by molar-refractivity contribution is 0.321. The summed E-state index contributed by atoms with van der Waals surface area (Å²) in [6.07, 6.45) is 0. The van der Waals surface area contributed by atoms with Crippen molar-refractivity contribution in [2.45, 2.75) is 58.3 Å². The van der Waals surface area contributed by atoms with Crippen molar-refractivity contribution in [1.29, 1.82) is 0 Å². The average molecular weight is 556 g/mol. The third kappa shape index (κ3) is 9.59. The molecule has 0 aliphatic carbocycles. The fraction of sp³-hybridized carbons (Fsp3) is 0.500. The molecule has 0 saturated carbocycles. The number of benzene rings is 2. The number of hydrogen-bond acceptors (Lipinski definition) is 7. The van der Waals surface area contributed by atoms with E-state index in [0.717, 1.165) is 5.56 Å². The van der Waals surface area contributed by atoms with Gasteiger partial charge in [-0.25, -0.2) is 4.98 Å². The van der Waals surface area contributed by atoms with Gasteiger partial charge in [0.25, 0.3) is 20.2 Å². The van der Waals surface area contributed by atoms with Crippen LogP contribution in [0.1, 0.15) is 47.1 Å². The summed E-state index contributed by atoms with van der Waals surface area (Å²) in [5.41, 5.74) is 1.35. The first-order valence-corrected chi connectivity index (χ1v) is 15.4. The molecular formula is C26H41N3O6S2. The topological polar surface area (TPSA) is 128 Å². The Morgan fingerprint density at radius 2 is 0.919 bits per heavy atom. The zero-order valence-electron chi connectivity index (χ0n) is 22.9. The van der Waals surface area contributed by atoms with Crippen LogP contribution in [-0.4, -0.2) is 80.0 Å². The predicted molar refractivity (Wildman–Crippen MR) is 151 cm³/mol. The Kier molecular flexibility index (Phi) is 13.1. The van der Waals surface area contributed by atoms with Crippen molar-refractivity contribution in [3.05, 3.63) is 42.0 Å². The van der Waals surface area contributed by atoms with Gasteiger partial charge in [0.1, 0.15) is 0 Å². The van der Waals surface area contributed by atoms with Crippen LogP contribution in [-0.2, 0) is 20.2 Å². The number of fused-ring (bicyclic) bond motifs is 2. The smallest absolute Gasteiger partial charge is 0.294 e. The number of nitrogens with zero attached hydrogens (tertiary/aromatic N) is 3. The highest BCUT2D eigenvalue weighted by Crippen LogP contribution is 2.28. The highest BCUT2D eigenvalue weighted by molar-refractivity contribution is 7.86. The van der Waals surface area contributed by atoms with Crippen LogP contribution in [0.15, 0.2) is 46.2 Å². The summed E-state index contributed by atoms with van der Waals surface area (Å²) in [6, 6.07) is 8.00. The molecule has 0 unspecified atom stereocenters. The van der Waals surface area contributed by atoms with E-state index in [9.17, 15) is 16.8 Å². The number of aryl methyl sites for hydroxylation is 1. The molecule has 3 rings (SSSR count). The summed E-state index contributed by atoms with van der Waals surface area (Å²) in [4.78, 5) is 8.38. The average Bonchev–Trinajstić information content (AvgIpc) is 2.85. The highest BCUT2D eigenvalue weighted by atomic mass is 32.2. The van der Waals surface area contributed by atoms with Gasteiger partial charge < -0.3 is 9.80 Å². The molecular weight excluding hydrogens is 514 g/mol. The summed E-state index contributed by atoms with van der Waals surface area (Å²) in [5, 5.41) is 1.34. The first-order chi connectivity index (χ1) is 17.3. The van der Waals surface area contributed by atoms with Crippen LogP contribution in [0.5, 0.6) is 0 Å². The summed E-state index contributed by atoms with van der Waals surface area (Å²) in [6.45, 7) is 22.0. The van der Waals surface area contributed by atoms with Crippen LogP contribution < -0.4 is 0 Å². The molecule has 0 saturated heterocycles. The molecule has 0 spiro atoms. The SMILES string of the molecule is CCN(CC)CC.CCN(CC)CC.Cc1c2ccc(S(=O)(=O)O)cc2nc2cc(S(=O)(=O)O)ccc12. The first kappa shape index (κ1) is 32.9. The van der Waals surface area contributed by atoms with Crippen molar-refractivity contribution in [2.75, 3.05) is 39.3 Å². The van der Waals surface area contributed by atoms with Gasteiger partial charge in [0.2, 0.25) is 0 Å². The largest absolute Gasteiger partial charge is 0.304 e. The zero-order valence-corrected chi connectivity index (χ0v) is 24.5. The quantitative estimate of drug-likeness (QED) is 0.295. The van der Waals surface area contributed by atoms with E-state index in [4.69, 9.17) is 9.11 Å². The molecule has 0 fully saturated rings. The fourth-order valence-corrected chi connectivity index (χ4v) is 4.78. The number of aromatic nitrogens is 1. The lowest BCUT2D eigenvalue weighted by Gasteiger charge is -2.13. The van der Waals surface area contributed by atoms with Crippen molar-refractivity contribution < 1.29 is 25.9 Å². The second-order valence-corrected chi connectivity index (χ2v) is 11.1. The van der Waals surface area contributed by atoms with Crippen molar-refractivity contribution in [2.24, 2.45) is 0 Å². The van der Waals surface area contributed by atoms with Crippen molar-refractivity contribution in [1.82, 2.24) is 14.8 Å². The molecule has 1 heterocycles. The first-order valence-electron chi connectivity index (χ1n) is 12.5. The van der Waals surface area contributed by atoms with Crippen LogP contribution >= 0.6 is 0 Å². The number of pyridine rings is 1. The lowest BCUT2D eigenvalue weighted by Crippen LogP contribution is -2.21. The highest BCUT2D eigenvalue weighted by Gasteiger charge is 2.15. The maximum atomic E-state index is 11.2. The van der Waals surface area contributed by atoms with Gasteiger partial charge in [-0.3, -0.25) is 9.11 Å². The fourth-order valence-electron chi connectivity index (χ4n) is 3.78. The molecule has 0 bridgehead atoms. The molecule has 0 amide bonds. The minimum atomic E-state index is -4.37. The standard InChI is InChI=1S/C14H11NO6S2.2C6H15N/c1-8-11-4-2-9(22(16,17)18)6-13(11)15-14-7-10(23(19,20)21)3-5-12(8)14;2*1-4-7(5-2)6-3/h2-7H,1H3,(H,16,17,18)(H,19,20,21);2*4-6H2,1-3H3. The number of hydrogen-bond donors (Lipinski definition) is 2. The molecule has 0 aliphatic heterocycles. The summed E-state index contributed by atoms with van der Waals surface area (Å²) in [5.74, 6) is 0. The van der Waals surface area contributed by atoms with Crippen molar-refractivity contribution in [3.8, 4) is 0 Å². The van der Waals surface area contributed by atoms with Gasteiger partial charge in [-0.15, -0.1) is 0 Å². The van der Waals surface area contributed by atoms with E-state index >= 15 is 0 Å². The van der Waals surface area contributed by atoms with Crippen LogP contribution in [0.25, 0.3) is 21.8 Å². The van der Waals surface area contributed by atoms with Crippen LogP contribution in [0.4, 0.5) is 0 Å². The Morgan fingerprint density at radius 3 is 1.14 bits per heavy atom. The Hall–Kier alpha value is -2.15. The van der Waals surface area contributed by atoms with Crippen LogP contribution in [0, 0.1) is 6.92 Å². The molecule has 9 nitrogen and oxygen atoms in total. The number of rotatable bonds is 8. The van der Waals surface area contributed by atoms with Gasteiger partial charge in [-0.05, 0) is 76.0 Å². The minimum Gasteiger partial charge on any atom is -0.304 e. The zero-order chi connectivity index (χ0) is 28.4. The molecule has 37 heavy (non-hydrogen) atoms. The molecule has 208 valence electrons. The Labute approximate surface area is 222 Å². The Bertz CT molecular complexity index is 1260. The molecule has 2 aromatic carbocycles. The third-order valence-corrected chi connectivity index (χ3v) is 7.97. The van der Waals surface area contributed by atoms with E-state index in [2.05, 4.69) is 56.3 Å². The maximum Gasteiger partial charge on any atom is 0.294 e. The van der Waals surface area contributed by atoms with E-state index in [0.29, 0.717) is 10.8 Å². The van der Waals surface area contributed by atoms with Crippen LogP contribution in [0.3, 0.4) is 0 Å². The van der Waals surface area contributed by atoms with Gasteiger partial charge in [0, 0.05) is 10.8 Å². The van der Waals surface area contributed by atoms with Gasteiger partial charge in [-0.2, -0.15) is 16.8 Å². The molecule has 3 aromatic rings. The monoisotopic (exact) mass is 555 g/mol. The van der Waals surface area contributed by atoms with E-state index in [1.807, 2.05) is 0 Å². The third-order valence-electron chi connectivity index (χ3n) is 6.27. The van der Waals surface area contributed by atoms with E-state index in [1.165, 1.54) is 75.7 Å². The summed E-state index contributed by atoms with van der Waals surface area (Å²) >= 11 is 0. The van der Waals surface area contributed by atoms with Gasteiger partial charge in [-0.1, -0.05) is 53.7 Å².